The molecule has 1 aliphatic rings. The van der Waals surface area contributed by atoms with Gasteiger partial charge in [0.05, 0.1) is 26.3 Å². The second-order valence-corrected chi connectivity index (χ2v) is 6.58. The van der Waals surface area contributed by atoms with E-state index in [1.54, 1.807) is 0 Å². The largest absolute Gasteiger partial charge is 0.459 e. The van der Waals surface area contributed by atoms with E-state index in [0.29, 0.717) is 6.54 Å². The molecular formula is C18H26IN3O2. The summed E-state index contributed by atoms with van der Waals surface area (Å²) in [6, 6.07) is 10.2. The predicted octanol–water partition coefficient (Wildman–Crippen LogP) is 3.48. The Morgan fingerprint density at radius 3 is 2.71 bits per heavy atom. The molecule has 0 unspecified atom stereocenters. The molecule has 6 heteroatoms. The van der Waals surface area contributed by atoms with Crippen LogP contribution in [0.5, 0.6) is 0 Å². The number of benzene rings is 1. The van der Waals surface area contributed by atoms with Gasteiger partial charge in [-0.3, -0.25) is 4.99 Å². The average molecular weight is 443 g/mol. The van der Waals surface area contributed by atoms with Crippen molar-refractivity contribution in [3.05, 3.63) is 36.1 Å². The van der Waals surface area contributed by atoms with Gasteiger partial charge in [0.25, 0.3) is 0 Å². The number of fused-ring (bicyclic) bond motifs is 1. The lowest BCUT2D eigenvalue weighted by molar-refractivity contribution is -0.0946. The first kappa shape index (κ1) is 19.1. The molecule has 0 saturated carbocycles. The van der Waals surface area contributed by atoms with Gasteiger partial charge in [0.1, 0.15) is 11.3 Å². The highest BCUT2D eigenvalue weighted by atomic mass is 127. The number of rotatable bonds is 5. The summed E-state index contributed by atoms with van der Waals surface area (Å²) in [5.41, 5.74) is 1.11. The van der Waals surface area contributed by atoms with Crippen molar-refractivity contribution < 1.29 is 9.15 Å². The zero-order valence-electron chi connectivity index (χ0n) is 14.5. The molecule has 24 heavy (non-hydrogen) atoms. The Morgan fingerprint density at radius 2 is 2.08 bits per heavy atom. The second kappa shape index (κ2) is 8.20. The van der Waals surface area contributed by atoms with Gasteiger partial charge in [-0.1, -0.05) is 25.1 Å². The molecule has 0 spiro atoms. The Labute approximate surface area is 160 Å². The van der Waals surface area contributed by atoms with Crippen LogP contribution in [0, 0.1) is 5.41 Å². The molecule has 0 amide bonds. The molecule has 1 aromatic heterocycles. The van der Waals surface area contributed by atoms with Crippen LogP contribution in [-0.4, -0.2) is 44.2 Å². The summed E-state index contributed by atoms with van der Waals surface area (Å²) < 4.78 is 11.2. The number of aliphatic imine (C=N–C) groups is 1. The van der Waals surface area contributed by atoms with Gasteiger partial charge in [0, 0.05) is 24.4 Å². The monoisotopic (exact) mass is 443 g/mol. The zero-order valence-corrected chi connectivity index (χ0v) is 16.9. The number of hydrogen-bond donors (Lipinski definition) is 1. The van der Waals surface area contributed by atoms with E-state index in [1.165, 1.54) is 0 Å². The number of nitrogens with zero attached hydrogens (tertiary/aromatic N) is 2. The lowest BCUT2D eigenvalue weighted by atomic mass is 9.89. The smallest absolute Gasteiger partial charge is 0.194 e. The summed E-state index contributed by atoms with van der Waals surface area (Å²) in [5, 5.41) is 4.49. The molecule has 0 bridgehead atoms. The van der Waals surface area contributed by atoms with Crippen molar-refractivity contribution in [2.24, 2.45) is 10.4 Å². The summed E-state index contributed by atoms with van der Waals surface area (Å²) >= 11 is 0. The molecule has 1 saturated heterocycles. The highest BCUT2D eigenvalue weighted by Crippen LogP contribution is 2.26. The maximum Gasteiger partial charge on any atom is 0.194 e. The summed E-state index contributed by atoms with van der Waals surface area (Å²) in [6.45, 7) is 8.19. The summed E-state index contributed by atoms with van der Waals surface area (Å²) in [7, 11) is 2.04. The molecule has 1 aliphatic heterocycles. The van der Waals surface area contributed by atoms with Crippen molar-refractivity contribution in [1.82, 2.24) is 10.2 Å². The topological polar surface area (TPSA) is 50.0 Å². The fraction of sp³-hybridized carbons (Fsp3) is 0.500. The molecule has 1 fully saturated rings. The van der Waals surface area contributed by atoms with E-state index in [2.05, 4.69) is 36.2 Å². The van der Waals surface area contributed by atoms with Crippen LogP contribution in [-0.2, 0) is 11.3 Å². The zero-order chi connectivity index (χ0) is 16.3. The summed E-state index contributed by atoms with van der Waals surface area (Å²) in [6.07, 6.45) is 0. The molecule has 1 N–H and O–H groups in total. The SMILES string of the molecule is CCNC(=NCC1(C)COC1)N(C)Cc1cc2ccccc2o1.I. The van der Waals surface area contributed by atoms with Crippen LogP contribution in [0.3, 0.4) is 0 Å². The number of para-hydroxylation sites is 1. The Balaban J connectivity index is 0.00000208. The van der Waals surface area contributed by atoms with Crippen molar-refractivity contribution in [2.45, 2.75) is 20.4 Å². The van der Waals surface area contributed by atoms with E-state index in [9.17, 15) is 0 Å². The fourth-order valence-corrected chi connectivity index (χ4v) is 2.70. The number of ether oxygens (including phenoxy) is 1. The van der Waals surface area contributed by atoms with E-state index in [1.807, 2.05) is 25.2 Å². The van der Waals surface area contributed by atoms with E-state index in [0.717, 1.165) is 49.0 Å². The molecule has 0 aliphatic carbocycles. The third kappa shape index (κ3) is 4.42. The quantitative estimate of drug-likeness (QED) is 0.437. The lowest BCUT2D eigenvalue weighted by Crippen LogP contribution is -2.44. The van der Waals surface area contributed by atoms with Gasteiger partial charge >= 0.3 is 0 Å². The standard InChI is InChI=1S/C18H25N3O2.HI/c1-4-19-17(20-11-18(2)12-22-13-18)21(3)10-15-9-14-7-5-6-8-16(14)23-15;/h5-9H,4,10-13H2,1-3H3,(H,19,20);1H. The molecule has 132 valence electrons. The van der Waals surface area contributed by atoms with Crippen LogP contribution >= 0.6 is 24.0 Å². The van der Waals surface area contributed by atoms with Gasteiger partial charge in [0.15, 0.2) is 5.96 Å². The predicted molar refractivity (Wildman–Crippen MR) is 108 cm³/mol. The van der Waals surface area contributed by atoms with Crippen LogP contribution in [0.25, 0.3) is 11.0 Å². The maximum atomic E-state index is 5.90. The molecule has 2 aromatic rings. The fourth-order valence-electron chi connectivity index (χ4n) is 2.70. The lowest BCUT2D eigenvalue weighted by Gasteiger charge is -2.37. The van der Waals surface area contributed by atoms with Crippen LogP contribution in [0.1, 0.15) is 19.6 Å². The number of hydrogen-bond acceptors (Lipinski definition) is 3. The van der Waals surface area contributed by atoms with Crippen molar-refractivity contribution in [1.29, 1.82) is 0 Å². The van der Waals surface area contributed by atoms with Crippen molar-refractivity contribution >= 4 is 40.9 Å². The third-order valence-electron chi connectivity index (χ3n) is 4.08. The van der Waals surface area contributed by atoms with Gasteiger partial charge in [0.2, 0.25) is 0 Å². The van der Waals surface area contributed by atoms with E-state index < -0.39 is 0 Å². The van der Waals surface area contributed by atoms with Gasteiger partial charge in [-0.05, 0) is 19.1 Å². The van der Waals surface area contributed by atoms with Crippen LogP contribution in [0.2, 0.25) is 0 Å². The summed E-state index contributed by atoms with van der Waals surface area (Å²) in [5.74, 6) is 1.85. The molecular weight excluding hydrogens is 417 g/mol. The first-order valence-electron chi connectivity index (χ1n) is 8.14. The van der Waals surface area contributed by atoms with Crippen molar-refractivity contribution in [2.75, 3.05) is 33.4 Å². The maximum absolute atomic E-state index is 5.90. The number of halogens is 1. The highest BCUT2D eigenvalue weighted by Gasteiger charge is 2.33. The minimum absolute atomic E-state index is 0. The molecule has 1 aromatic carbocycles. The number of nitrogens with one attached hydrogen (secondary N) is 1. The van der Waals surface area contributed by atoms with Gasteiger partial charge in [-0.25, -0.2) is 0 Å². The van der Waals surface area contributed by atoms with Crippen molar-refractivity contribution in [3.63, 3.8) is 0 Å². The van der Waals surface area contributed by atoms with Gasteiger partial charge in [-0.2, -0.15) is 0 Å². The van der Waals surface area contributed by atoms with E-state index >= 15 is 0 Å². The average Bonchev–Trinajstić information content (AvgIpc) is 2.91. The van der Waals surface area contributed by atoms with E-state index in [-0.39, 0.29) is 29.4 Å². The van der Waals surface area contributed by atoms with E-state index in [4.69, 9.17) is 14.1 Å². The Morgan fingerprint density at radius 1 is 1.33 bits per heavy atom. The Hall–Kier alpha value is -1.28. The minimum Gasteiger partial charge on any atom is -0.459 e. The minimum atomic E-state index is 0. The molecule has 2 heterocycles. The van der Waals surface area contributed by atoms with Gasteiger partial charge < -0.3 is 19.4 Å². The second-order valence-electron chi connectivity index (χ2n) is 6.58. The molecule has 0 atom stereocenters. The highest BCUT2D eigenvalue weighted by molar-refractivity contribution is 14.0. The first-order valence-corrected chi connectivity index (χ1v) is 8.14. The Bertz CT molecular complexity index is 661. The van der Waals surface area contributed by atoms with Gasteiger partial charge in [-0.15, -0.1) is 24.0 Å². The normalized spacial score (nSPS) is 16.4. The molecule has 5 nitrogen and oxygen atoms in total. The summed E-state index contributed by atoms with van der Waals surface area (Å²) in [4.78, 5) is 6.87. The first-order chi connectivity index (χ1) is 11.1. The van der Waals surface area contributed by atoms with Crippen molar-refractivity contribution in [3.8, 4) is 0 Å². The van der Waals surface area contributed by atoms with Crippen LogP contribution in [0.4, 0.5) is 0 Å². The third-order valence-corrected chi connectivity index (χ3v) is 4.08. The van der Waals surface area contributed by atoms with Crippen LogP contribution in [0.15, 0.2) is 39.7 Å². The Kier molecular flexibility index (Phi) is 6.51. The molecule has 3 rings (SSSR count). The molecule has 0 radical (unpaired) electrons. The number of guanidine groups is 1. The number of furan rings is 1. The van der Waals surface area contributed by atoms with Crippen LogP contribution < -0.4 is 5.32 Å².